The highest BCUT2D eigenvalue weighted by atomic mass is 32.1. The van der Waals surface area contributed by atoms with E-state index >= 15 is 0 Å². The fourth-order valence-electron chi connectivity index (χ4n) is 3.33. The van der Waals surface area contributed by atoms with E-state index in [2.05, 4.69) is 10.1 Å². The lowest BCUT2D eigenvalue weighted by Gasteiger charge is -2.22. The summed E-state index contributed by atoms with van der Waals surface area (Å²) in [4.78, 5) is 33.3. The van der Waals surface area contributed by atoms with Gasteiger partial charge in [0.25, 0.3) is 11.8 Å². The van der Waals surface area contributed by atoms with Crippen LogP contribution in [0.2, 0.25) is 0 Å². The zero-order valence-corrected chi connectivity index (χ0v) is 16.7. The number of rotatable bonds is 3. The Kier molecular flexibility index (Phi) is 5.39. The molecule has 9 heteroatoms. The number of hydrogen-bond acceptors (Lipinski definition) is 5. The molecule has 0 atom stereocenters. The molecule has 0 N–H and O–H groups in total. The Balaban J connectivity index is 1.43. The fourth-order valence-corrected chi connectivity index (χ4v) is 4.10. The molecule has 7 nitrogen and oxygen atoms in total. The number of benzene rings is 1. The third-order valence-electron chi connectivity index (χ3n) is 4.85. The Hall–Kier alpha value is -3.07. The molecular weight excluding hydrogens is 393 g/mol. The molecule has 0 bridgehead atoms. The standard InChI is InChI=1S/C20H20FN5O2S/c1-24-12-14(11-22-24)18-23-17(13-29-18)20(28)26-8-4-7-25(9-10-26)19(27)15-5-2-3-6-16(15)21/h2-3,5-6,11-13H,4,7-10H2,1H3. The quantitative estimate of drug-likeness (QED) is 0.662. The molecule has 2 amide bonds. The fraction of sp³-hybridized carbons (Fsp3) is 0.300. The summed E-state index contributed by atoms with van der Waals surface area (Å²) in [5, 5.41) is 6.62. The Bertz CT molecular complexity index is 1050. The minimum absolute atomic E-state index is 0.0629. The van der Waals surface area contributed by atoms with Crippen LogP contribution in [0.3, 0.4) is 0 Å². The molecule has 0 unspecified atom stereocenters. The van der Waals surface area contributed by atoms with Crippen LogP contribution < -0.4 is 0 Å². The van der Waals surface area contributed by atoms with E-state index in [1.165, 1.54) is 23.5 Å². The Morgan fingerprint density at radius 1 is 1.07 bits per heavy atom. The van der Waals surface area contributed by atoms with Gasteiger partial charge >= 0.3 is 0 Å². The first-order valence-corrected chi connectivity index (χ1v) is 10.2. The molecule has 1 aliphatic rings. The summed E-state index contributed by atoms with van der Waals surface area (Å²) in [5.41, 5.74) is 1.32. The van der Waals surface area contributed by atoms with Crippen molar-refractivity contribution in [1.82, 2.24) is 24.6 Å². The molecule has 0 saturated carbocycles. The van der Waals surface area contributed by atoms with Crippen molar-refractivity contribution in [2.75, 3.05) is 26.2 Å². The molecule has 3 aromatic rings. The maximum absolute atomic E-state index is 13.9. The average Bonchev–Trinajstić information content (AvgIpc) is 3.30. The molecule has 0 aliphatic carbocycles. The van der Waals surface area contributed by atoms with E-state index in [-0.39, 0.29) is 17.4 Å². The Morgan fingerprint density at radius 3 is 2.48 bits per heavy atom. The first-order chi connectivity index (χ1) is 14.0. The molecule has 150 valence electrons. The van der Waals surface area contributed by atoms with Gasteiger partial charge < -0.3 is 9.80 Å². The van der Waals surface area contributed by atoms with Crippen molar-refractivity contribution in [3.05, 3.63) is 59.1 Å². The highest BCUT2D eigenvalue weighted by Crippen LogP contribution is 2.24. The molecule has 0 radical (unpaired) electrons. The number of aryl methyl sites for hydroxylation is 1. The number of carbonyl (C=O) groups excluding carboxylic acids is 2. The molecule has 1 saturated heterocycles. The molecule has 0 spiro atoms. The highest BCUT2D eigenvalue weighted by Gasteiger charge is 2.26. The maximum atomic E-state index is 13.9. The number of halogens is 1. The summed E-state index contributed by atoms with van der Waals surface area (Å²) in [6.45, 7) is 1.76. The Morgan fingerprint density at radius 2 is 1.79 bits per heavy atom. The molecular formula is C20H20FN5O2S. The second-order valence-electron chi connectivity index (χ2n) is 6.86. The lowest BCUT2D eigenvalue weighted by Crippen LogP contribution is -2.37. The van der Waals surface area contributed by atoms with E-state index in [9.17, 15) is 14.0 Å². The van der Waals surface area contributed by atoms with Crippen LogP contribution >= 0.6 is 11.3 Å². The van der Waals surface area contributed by atoms with Gasteiger partial charge in [0.15, 0.2) is 0 Å². The SMILES string of the molecule is Cn1cc(-c2nc(C(=O)N3CCCN(C(=O)c4ccccc4F)CC3)cs2)cn1. The normalized spacial score (nSPS) is 14.7. The van der Waals surface area contributed by atoms with Crippen molar-refractivity contribution >= 4 is 23.2 Å². The number of hydrogen-bond donors (Lipinski definition) is 0. The molecule has 1 aliphatic heterocycles. The lowest BCUT2D eigenvalue weighted by molar-refractivity contribution is 0.0713. The van der Waals surface area contributed by atoms with Crippen LogP contribution in [0.1, 0.15) is 27.3 Å². The van der Waals surface area contributed by atoms with E-state index in [0.717, 1.165) is 10.6 Å². The average molecular weight is 413 g/mol. The van der Waals surface area contributed by atoms with E-state index < -0.39 is 5.82 Å². The largest absolute Gasteiger partial charge is 0.337 e. The summed E-state index contributed by atoms with van der Waals surface area (Å²) in [6.07, 6.45) is 4.20. The van der Waals surface area contributed by atoms with Crippen LogP contribution in [-0.2, 0) is 7.05 Å². The number of aromatic nitrogens is 3. The van der Waals surface area contributed by atoms with Crippen LogP contribution in [0, 0.1) is 5.82 Å². The van der Waals surface area contributed by atoms with Gasteiger partial charge in [-0.2, -0.15) is 5.10 Å². The van der Waals surface area contributed by atoms with E-state index in [1.54, 1.807) is 38.2 Å². The predicted octanol–water partition coefficient (Wildman–Crippen LogP) is 2.67. The summed E-state index contributed by atoms with van der Waals surface area (Å²) < 4.78 is 15.6. The van der Waals surface area contributed by atoms with E-state index in [4.69, 9.17) is 0 Å². The molecule has 29 heavy (non-hydrogen) atoms. The molecule has 1 aromatic carbocycles. The third-order valence-corrected chi connectivity index (χ3v) is 5.74. The highest BCUT2D eigenvalue weighted by molar-refractivity contribution is 7.13. The van der Waals surface area contributed by atoms with Gasteiger partial charge in [0.1, 0.15) is 16.5 Å². The number of nitrogens with zero attached hydrogens (tertiary/aromatic N) is 5. The second-order valence-corrected chi connectivity index (χ2v) is 7.72. The van der Waals surface area contributed by atoms with Crippen LogP contribution in [0.15, 0.2) is 42.0 Å². The van der Waals surface area contributed by atoms with Gasteiger partial charge in [0, 0.05) is 50.4 Å². The van der Waals surface area contributed by atoms with Gasteiger partial charge in [0.05, 0.1) is 11.8 Å². The van der Waals surface area contributed by atoms with Gasteiger partial charge in [0.2, 0.25) is 0 Å². The van der Waals surface area contributed by atoms with Gasteiger partial charge in [-0.05, 0) is 18.6 Å². The third kappa shape index (κ3) is 4.04. The van der Waals surface area contributed by atoms with Crippen LogP contribution in [-0.4, -0.2) is 62.6 Å². The number of carbonyl (C=O) groups is 2. The zero-order chi connectivity index (χ0) is 20.4. The number of thiazole rings is 1. The number of amides is 2. The smallest absolute Gasteiger partial charge is 0.273 e. The summed E-state index contributed by atoms with van der Waals surface area (Å²) >= 11 is 1.40. The van der Waals surface area contributed by atoms with Crippen molar-refractivity contribution in [2.24, 2.45) is 7.05 Å². The summed E-state index contributed by atoms with van der Waals surface area (Å²) in [6, 6.07) is 5.97. The molecule has 4 rings (SSSR count). The lowest BCUT2D eigenvalue weighted by atomic mass is 10.2. The zero-order valence-electron chi connectivity index (χ0n) is 15.9. The van der Waals surface area contributed by atoms with E-state index in [0.29, 0.717) is 38.3 Å². The summed E-state index contributed by atoms with van der Waals surface area (Å²) in [5.74, 6) is -1.03. The van der Waals surface area contributed by atoms with Crippen molar-refractivity contribution in [1.29, 1.82) is 0 Å². The van der Waals surface area contributed by atoms with Crippen LogP contribution in [0.4, 0.5) is 4.39 Å². The van der Waals surface area contributed by atoms with Gasteiger partial charge in [-0.25, -0.2) is 9.37 Å². The van der Waals surface area contributed by atoms with Gasteiger partial charge in [-0.3, -0.25) is 14.3 Å². The minimum atomic E-state index is -0.528. The predicted molar refractivity (Wildman–Crippen MR) is 107 cm³/mol. The first kappa shape index (κ1) is 19.3. The minimum Gasteiger partial charge on any atom is -0.337 e. The monoisotopic (exact) mass is 413 g/mol. The molecule has 3 heterocycles. The van der Waals surface area contributed by atoms with Crippen molar-refractivity contribution < 1.29 is 14.0 Å². The van der Waals surface area contributed by atoms with Crippen molar-refractivity contribution in [3.8, 4) is 10.6 Å². The van der Waals surface area contributed by atoms with Crippen molar-refractivity contribution in [2.45, 2.75) is 6.42 Å². The van der Waals surface area contributed by atoms with Gasteiger partial charge in [-0.15, -0.1) is 11.3 Å². The van der Waals surface area contributed by atoms with Crippen LogP contribution in [0.5, 0.6) is 0 Å². The van der Waals surface area contributed by atoms with Gasteiger partial charge in [-0.1, -0.05) is 12.1 Å². The maximum Gasteiger partial charge on any atom is 0.273 e. The molecule has 1 fully saturated rings. The molecule has 2 aromatic heterocycles. The second kappa shape index (κ2) is 8.12. The van der Waals surface area contributed by atoms with Crippen LogP contribution in [0.25, 0.3) is 10.6 Å². The topological polar surface area (TPSA) is 71.3 Å². The van der Waals surface area contributed by atoms with Crippen molar-refractivity contribution in [3.63, 3.8) is 0 Å². The summed E-state index contributed by atoms with van der Waals surface area (Å²) in [7, 11) is 1.83. The first-order valence-electron chi connectivity index (χ1n) is 9.30. The Labute approximate surface area is 171 Å². The van der Waals surface area contributed by atoms with E-state index in [1.807, 2.05) is 13.2 Å².